The van der Waals surface area contributed by atoms with E-state index in [4.69, 9.17) is 4.74 Å². The minimum atomic E-state index is -0.115. The Labute approximate surface area is 163 Å². The summed E-state index contributed by atoms with van der Waals surface area (Å²) in [5, 5.41) is 10.7. The fraction of sp³-hybridized carbons (Fsp3) is 0.333. The van der Waals surface area contributed by atoms with Crippen molar-refractivity contribution >= 4 is 17.1 Å². The number of piperazine rings is 1. The van der Waals surface area contributed by atoms with E-state index in [-0.39, 0.29) is 11.9 Å². The highest BCUT2D eigenvalue weighted by atomic mass is 16.5. The van der Waals surface area contributed by atoms with Crippen LogP contribution in [0.5, 0.6) is 5.75 Å². The largest absolute Gasteiger partial charge is 0.491 e. The van der Waals surface area contributed by atoms with Gasteiger partial charge in [-0.1, -0.05) is 12.1 Å². The normalized spacial score (nSPS) is 19.1. The standard InChI is InChI=1S/C21H23N5O2/c27-21(18-13-23-26-8-2-1-3-19(18)26)24-16-11-15-4-5-17(12-20(15)28-14-16)25-9-6-22-7-10-25/h1-5,8,12-13,16,22H,6-7,9-11,14H2,(H,24,27)/t16-/m1/s1. The van der Waals surface area contributed by atoms with E-state index in [0.717, 1.165) is 49.4 Å². The van der Waals surface area contributed by atoms with Gasteiger partial charge < -0.3 is 20.3 Å². The lowest BCUT2D eigenvalue weighted by molar-refractivity contribution is 0.0917. The summed E-state index contributed by atoms with van der Waals surface area (Å²) >= 11 is 0. The molecule has 1 atom stereocenters. The van der Waals surface area contributed by atoms with E-state index in [1.807, 2.05) is 24.4 Å². The number of hydrogen-bond acceptors (Lipinski definition) is 5. The van der Waals surface area contributed by atoms with Crippen LogP contribution < -0.4 is 20.3 Å². The average Bonchev–Trinajstić information content (AvgIpc) is 3.18. The molecule has 28 heavy (non-hydrogen) atoms. The van der Waals surface area contributed by atoms with Gasteiger partial charge in [-0.05, 0) is 30.2 Å². The molecule has 2 aromatic heterocycles. The first-order valence-corrected chi connectivity index (χ1v) is 9.72. The van der Waals surface area contributed by atoms with Crippen LogP contribution in [0.15, 0.2) is 48.8 Å². The van der Waals surface area contributed by atoms with Crippen molar-refractivity contribution in [2.24, 2.45) is 0 Å². The van der Waals surface area contributed by atoms with Gasteiger partial charge in [-0.3, -0.25) is 4.79 Å². The molecule has 0 spiro atoms. The van der Waals surface area contributed by atoms with Gasteiger partial charge in [-0.15, -0.1) is 0 Å². The number of aromatic nitrogens is 2. The van der Waals surface area contributed by atoms with Gasteiger partial charge in [0.05, 0.1) is 23.3 Å². The van der Waals surface area contributed by atoms with Crippen molar-refractivity contribution in [3.05, 3.63) is 59.9 Å². The fourth-order valence-electron chi connectivity index (χ4n) is 3.95. The highest BCUT2D eigenvalue weighted by Gasteiger charge is 2.24. The van der Waals surface area contributed by atoms with Crippen molar-refractivity contribution in [1.29, 1.82) is 0 Å². The average molecular weight is 377 g/mol. The van der Waals surface area contributed by atoms with Gasteiger partial charge in [0.2, 0.25) is 0 Å². The number of benzene rings is 1. The number of pyridine rings is 1. The molecule has 1 aromatic carbocycles. The summed E-state index contributed by atoms with van der Waals surface area (Å²) in [6, 6.07) is 12.1. The van der Waals surface area contributed by atoms with Crippen LogP contribution in [0.4, 0.5) is 5.69 Å². The molecule has 7 heteroatoms. The van der Waals surface area contributed by atoms with Crippen molar-refractivity contribution in [2.75, 3.05) is 37.7 Å². The third-order valence-electron chi connectivity index (χ3n) is 5.45. The number of hydrogen-bond donors (Lipinski definition) is 2. The van der Waals surface area contributed by atoms with Gasteiger partial charge in [-0.2, -0.15) is 5.10 Å². The quantitative estimate of drug-likeness (QED) is 0.724. The van der Waals surface area contributed by atoms with Crippen molar-refractivity contribution in [3.63, 3.8) is 0 Å². The number of ether oxygens (including phenoxy) is 1. The Kier molecular flexibility index (Phi) is 4.37. The van der Waals surface area contributed by atoms with Crippen LogP contribution in [-0.4, -0.2) is 54.3 Å². The maximum atomic E-state index is 12.7. The van der Waals surface area contributed by atoms with E-state index in [1.54, 1.807) is 10.7 Å². The second-order valence-corrected chi connectivity index (χ2v) is 7.30. The summed E-state index contributed by atoms with van der Waals surface area (Å²) in [5.74, 6) is 0.813. The molecule has 0 unspecified atom stereocenters. The Hall–Kier alpha value is -3.06. The van der Waals surface area contributed by atoms with Gasteiger partial charge in [0.1, 0.15) is 12.4 Å². The third-order valence-corrected chi connectivity index (χ3v) is 5.45. The second kappa shape index (κ2) is 7.16. The molecule has 7 nitrogen and oxygen atoms in total. The van der Waals surface area contributed by atoms with E-state index in [9.17, 15) is 4.79 Å². The fourth-order valence-corrected chi connectivity index (χ4v) is 3.95. The Morgan fingerprint density at radius 1 is 1.21 bits per heavy atom. The molecule has 1 amide bonds. The molecule has 0 aliphatic carbocycles. The molecule has 0 radical (unpaired) electrons. The van der Waals surface area contributed by atoms with Crippen molar-refractivity contribution in [2.45, 2.75) is 12.5 Å². The second-order valence-electron chi connectivity index (χ2n) is 7.30. The topological polar surface area (TPSA) is 70.9 Å². The van der Waals surface area contributed by atoms with Crippen LogP contribution in [0, 0.1) is 0 Å². The van der Waals surface area contributed by atoms with E-state index in [2.05, 4.69) is 38.8 Å². The van der Waals surface area contributed by atoms with Gasteiger partial charge in [0.25, 0.3) is 5.91 Å². The minimum absolute atomic E-state index is 0.0521. The van der Waals surface area contributed by atoms with Crippen molar-refractivity contribution < 1.29 is 9.53 Å². The minimum Gasteiger partial charge on any atom is -0.491 e. The lowest BCUT2D eigenvalue weighted by Gasteiger charge is -2.31. The highest BCUT2D eigenvalue weighted by molar-refractivity contribution is 6.00. The van der Waals surface area contributed by atoms with E-state index in [0.29, 0.717) is 12.2 Å². The van der Waals surface area contributed by atoms with Gasteiger partial charge in [-0.25, -0.2) is 4.52 Å². The van der Waals surface area contributed by atoms with Crippen LogP contribution in [-0.2, 0) is 6.42 Å². The summed E-state index contributed by atoms with van der Waals surface area (Å²) in [6.07, 6.45) is 4.21. The highest BCUT2D eigenvalue weighted by Crippen LogP contribution is 2.30. The zero-order valence-electron chi connectivity index (χ0n) is 15.6. The Morgan fingerprint density at radius 2 is 2.11 bits per heavy atom. The molecular weight excluding hydrogens is 354 g/mol. The molecule has 2 aliphatic heterocycles. The molecular formula is C21H23N5O2. The summed E-state index contributed by atoms with van der Waals surface area (Å²) in [4.78, 5) is 15.1. The van der Waals surface area contributed by atoms with E-state index in [1.165, 1.54) is 5.69 Å². The first kappa shape index (κ1) is 17.1. The predicted octanol–water partition coefficient (Wildman–Crippen LogP) is 1.48. The smallest absolute Gasteiger partial charge is 0.255 e. The number of nitrogens with zero attached hydrogens (tertiary/aromatic N) is 3. The van der Waals surface area contributed by atoms with Crippen molar-refractivity contribution in [1.82, 2.24) is 20.2 Å². The molecule has 1 saturated heterocycles. The summed E-state index contributed by atoms with van der Waals surface area (Å²) in [5.41, 5.74) is 3.72. The molecule has 2 N–H and O–H groups in total. The number of carbonyl (C=O) groups is 1. The molecule has 144 valence electrons. The molecule has 3 aromatic rings. The van der Waals surface area contributed by atoms with Gasteiger partial charge in [0, 0.05) is 44.1 Å². The van der Waals surface area contributed by atoms with Crippen LogP contribution in [0.2, 0.25) is 0 Å². The van der Waals surface area contributed by atoms with Crippen LogP contribution in [0.1, 0.15) is 15.9 Å². The zero-order valence-corrected chi connectivity index (χ0v) is 15.6. The molecule has 0 saturated carbocycles. The number of amides is 1. The Bertz CT molecular complexity index is 1010. The monoisotopic (exact) mass is 377 g/mol. The van der Waals surface area contributed by atoms with Crippen molar-refractivity contribution in [3.8, 4) is 5.75 Å². The first-order chi connectivity index (χ1) is 13.8. The predicted molar refractivity (Wildman–Crippen MR) is 107 cm³/mol. The lowest BCUT2D eigenvalue weighted by Crippen LogP contribution is -2.44. The SMILES string of the molecule is O=C(N[C@H]1COc2cc(N3CCNCC3)ccc2C1)c1cnn2ccccc12. The molecule has 0 bridgehead atoms. The lowest BCUT2D eigenvalue weighted by atomic mass is 10.0. The summed E-state index contributed by atoms with van der Waals surface area (Å²) in [6.45, 7) is 4.52. The Balaban J connectivity index is 1.28. The molecule has 4 heterocycles. The Morgan fingerprint density at radius 3 is 3.00 bits per heavy atom. The maximum absolute atomic E-state index is 12.7. The number of nitrogens with one attached hydrogen (secondary N) is 2. The number of fused-ring (bicyclic) bond motifs is 2. The van der Waals surface area contributed by atoms with E-state index >= 15 is 0 Å². The maximum Gasteiger partial charge on any atom is 0.255 e. The molecule has 2 aliphatic rings. The van der Waals surface area contributed by atoms with Crippen LogP contribution in [0.25, 0.3) is 5.52 Å². The van der Waals surface area contributed by atoms with Gasteiger partial charge >= 0.3 is 0 Å². The molecule has 1 fully saturated rings. The zero-order chi connectivity index (χ0) is 18.9. The molecule has 5 rings (SSSR count). The third kappa shape index (κ3) is 3.18. The summed E-state index contributed by atoms with van der Waals surface area (Å²) < 4.78 is 7.70. The number of anilines is 1. The number of rotatable bonds is 3. The van der Waals surface area contributed by atoms with Crippen LogP contribution in [0.3, 0.4) is 0 Å². The summed E-state index contributed by atoms with van der Waals surface area (Å²) in [7, 11) is 0. The van der Waals surface area contributed by atoms with E-state index < -0.39 is 0 Å². The first-order valence-electron chi connectivity index (χ1n) is 9.72. The van der Waals surface area contributed by atoms with Gasteiger partial charge in [0.15, 0.2) is 0 Å². The van der Waals surface area contributed by atoms with Crippen LogP contribution >= 0.6 is 0 Å². The number of carbonyl (C=O) groups excluding carboxylic acids is 1.